The van der Waals surface area contributed by atoms with Gasteiger partial charge in [0, 0.05) is 6.26 Å². The Morgan fingerprint density at radius 1 is 1.27 bits per heavy atom. The number of nitrogens with two attached hydrogens (primary N) is 1. The van der Waals surface area contributed by atoms with Gasteiger partial charge in [-0.3, -0.25) is 0 Å². The van der Waals surface area contributed by atoms with Gasteiger partial charge in [0.2, 0.25) is 0 Å². The number of rotatable bonds is 1. The summed E-state index contributed by atoms with van der Waals surface area (Å²) in [6.07, 6.45) is 2.44. The Hall–Kier alpha value is -1.69. The number of hydrogen-bond donors (Lipinski definition) is 1. The number of anilines is 1. The highest BCUT2D eigenvalue weighted by molar-refractivity contribution is 7.91. The topological polar surface area (TPSA) is 85.9 Å². The van der Waals surface area contributed by atoms with E-state index in [0.29, 0.717) is 10.9 Å². The Kier molecular flexibility index (Phi) is 2.08. The quantitative estimate of drug-likeness (QED) is 0.765. The third kappa shape index (κ3) is 1.63. The third-order valence-corrected chi connectivity index (χ3v) is 3.19. The molecule has 0 amide bonds. The maximum atomic E-state index is 11.5. The van der Waals surface area contributed by atoms with Crippen LogP contribution in [0.5, 0.6) is 0 Å². The van der Waals surface area contributed by atoms with Gasteiger partial charge in [-0.2, -0.15) is 0 Å². The van der Waals surface area contributed by atoms with Gasteiger partial charge < -0.3 is 5.73 Å². The summed E-state index contributed by atoms with van der Waals surface area (Å²) in [6, 6.07) is 4.82. The molecule has 1 aromatic carbocycles. The summed E-state index contributed by atoms with van der Waals surface area (Å²) in [5.41, 5.74) is 6.17. The van der Waals surface area contributed by atoms with Crippen molar-refractivity contribution in [2.24, 2.45) is 0 Å². The summed E-state index contributed by atoms with van der Waals surface area (Å²) in [5.74, 6) is 0.182. The first kappa shape index (κ1) is 9.85. The zero-order chi connectivity index (χ0) is 11.1. The van der Waals surface area contributed by atoms with Crippen LogP contribution in [0.25, 0.3) is 10.9 Å². The van der Waals surface area contributed by atoms with E-state index in [-0.39, 0.29) is 10.7 Å². The molecule has 78 valence electrons. The first-order valence-corrected chi connectivity index (χ1v) is 6.08. The lowest BCUT2D eigenvalue weighted by Crippen LogP contribution is -2.02. The number of nitrogens with zero attached hydrogens (tertiary/aromatic N) is 2. The fraction of sp³-hybridized carbons (Fsp3) is 0.111. The number of benzene rings is 1. The van der Waals surface area contributed by atoms with Crippen molar-refractivity contribution in [3.8, 4) is 0 Å². The molecule has 0 saturated carbocycles. The largest absolute Gasteiger partial charge is 0.383 e. The molecule has 0 unspecified atom stereocenters. The van der Waals surface area contributed by atoms with Crippen molar-refractivity contribution in [1.82, 2.24) is 9.97 Å². The van der Waals surface area contributed by atoms with E-state index in [9.17, 15) is 8.42 Å². The molecule has 2 N–H and O–H groups in total. The van der Waals surface area contributed by atoms with Crippen molar-refractivity contribution in [2.45, 2.75) is 4.90 Å². The monoisotopic (exact) mass is 223 g/mol. The van der Waals surface area contributed by atoms with Gasteiger partial charge in [-0.1, -0.05) is 6.07 Å². The molecule has 1 aromatic heterocycles. The van der Waals surface area contributed by atoms with Gasteiger partial charge in [0.05, 0.1) is 15.8 Å². The lowest BCUT2D eigenvalue weighted by atomic mass is 10.2. The second-order valence-corrected chi connectivity index (χ2v) is 5.17. The molecule has 15 heavy (non-hydrogen) atoms. The summed E-state index contributed by atoms with van der Waals surface area (Å²) < 4.78 is 23.0. The van der Waals surface area contributed by atoms with E-state index in [1.165, 1.54) is 12.4 Å². The first-order chi connectivity index (χ1) is 7.00. The zero-order valence-corrected chi connectivity index (χ0v) is 8.82. The molecular weight excluding hydrogens is 214 g/mol. The summed E-state index contributed by atoms with van der Waals surface area (Å²) in [7, 11) is -3.31. The van der Waals surface area contributed by atoms with E-state index in [0.717, 1.165) is 6.26 Å². The Balaban J connectivity index is 2.99. The van der Waals surface area contributed by atoms with Crippen LogP contribution in [0.2, 0.25) is 0 Å². The second-order valence-electron chi connectivity index (χ2n) is 3.18. The van der Waals surface area contributed by atoms with Crippen LogP contribution in [-0.2, 0) is 9.84 Å². The van der Waals surface area contributed by atoms with Gasteiger partial charge in [-0.25, -0.2) is 18.4 Å². The number of sulfone groups is 1. The van der Waals surface area contributed by atoms with Crippen molar-refractivity contribution in [3.63, 3.8) is 0 Å². The van der Waals surface area contributed by atoms with Crippen LogP contribution in [0.1, 0.15) is 0 Å². The van der Waals surface area contributed by atoms with Crippen molar-refractivity contribution < 1.29 is 8.42 Å². The molecule has 0 radical (unpaired) electrons. The number of fused-ring (bicyclic) bond motifs is 1. The van der Waals surface area contributed by atoms with Crippen LogP contribution in [0.3, 0.4) is 0 Å². The van der Waals surface area contributed by atoms with Crippen LogP contribution < -0.4 is 5.73 Å². The van der Waals surface area contributed by atoms with Gasteiger partial charge in [-0.05, 0) is 12.1 Å². The molecule has 5 nitrogen and oxygen atoms in total. The summed E-state index contributed by atoms with van der Waals surface area (Å²) in [6.45, 7) is 0. The smallest absolute Gasteiger partial charge is 0.176 e. The molecule has 2 rings (SSSR count). The number of nitrogen functional groups attached to an aromatic ring is 1. The minimum absolute atomic E-state index is 0.165. The van der Waals surface area contributed by atoms with Crippen LogP contribution in [-0.4, -0.2) is 24.6 Å². The van der Waals surface area contributed by atoms with Crippen molar-refractivity contribution in [2.75, 3.05) is 12.0 Å². The zero-order valence-electron chi connectivity index (χ0n) is 8.01. The molecular formula is C9H9N3O2S. The maximum absolute atomic E-state index is 11.5. The van der Waals surface area contributed by atoms with E-state index in [4.69, 9.17) is 5.73 Å². The van der Waals surface area contributed by atoms with E-state index in [1.54, 1.807) is 12.1 Å². The molecule has 6 heteroatoms. The van der Waals surface area contributed by atoms with Gasteiger partial charge in [0.1, 0.15) is 12.1 Å². The molecule has 0 atom stereocenters. The Morgan fingerprint density at radius 2 is 2.00 bits per heavy atom. The van der Waals surface area contributed by atoms with Crippen LogP contribution in [0.4, 0.5) is 5.82 Å². The highest BCUT2D eigenvalue weighted by atomic mass is 32.2. The molecule has 0 spiro atoms. The molecule has 0 bridgehead atoms. The average molecular weight is 223 g/mol. The number of hydrogen-bond acceptors (Lipinski definition) is 5. The van der Waals surface area contributed by atoms with Gasteiger partial charge >= 0.3 is 0 Å². The lowest BCUT2D eigenvalue weighted by molar-refractivity contribution is 0.602. The Labute approximate surface area is 86.9 Å². The summed E-state index contributed by atoms with van der Waals surface area (Å²) >= 11 is 0. The highest BCUT2D eigenvalue weighted by Crippen LogP contribution is 2.24. The molecule has 0 fully saturated rings. The molecule has 0 saturated heterocycles. The van der Waals surface area contributed by atoms with Crippen LogP contribution in [0.15, 0.2) is 29.4 Å². The lowest BCUT2D eigenvalue weighted by Gasteiger charge is -2.05. The molecule has 0 aliphatic rings. The maximum Gasteiger partial charge on any atom is 0.176 e. The minimum Gasteiger partial charge on any atom is -0.383 e. The predicted molar refractivity (Wildman–Crippen MR) is 57.1 cm³/mol. The normalized spacial score (nSPS) is 11.8. The second kappa shape index (κ2) is 3.16. The molecule has 0 aliphatic heterocycles. The standard InChI is InChI=1S/C9H9N3O2S/c1-15(13,14)7-4-2-3-6-8(7)9(10)12-5-11-6/h2-5H,1H3,(H2,10,11,12). The molecule has 2 aromatic rings. The van der Waals surface area contributed by atoms with Gasteiger partial charge in [0.25, 0.3) is 0 Å². The highest BCUT2D eigenvalue weighted by Gasteiger charge is 2.14. The Morgan fingerprint density at radius 3 is 2.67 bits per heavy atom. The van der Waals surface area contributed by atoms with Crippen LogP contribution >= 0.6 is 0 Å². The van der Waals surface area contributed by atoms with Crippen molar-refractivity contribution >= 4 is 26.6 Å². The van der Waals surface area contributed by atoms with E-state index in [1.807, 2.05) is 0 Å². The third-order valence-electron chi connectivity index (χ3n) is 2.05. The fourth-order valence-corrected chi connectivity index (χ4v) is 2.32. The van der Waals surface area contributed by atoms with Gasteiger partial charge in [0.15, 0.2) is 9.84 Å². The van der Waals surface area contributed by atoms with Crippen LogP contribution in [0, 0.1) is 0 Å². The SMILES string of the molecule is CS(=O)(=O)c1cccc2ncnc(N)c12. The van der Waals surface area contributed by atoms with Crippen molar-refractivity contribution in [1.29, 1.82) is 0 Å². The molecule has 0 aliphatic carbocycles. The summed E-state index contributed by atoms with van der Waals surface area (Å²) in [5, 5.41) is 0.391. The predicted octanol–water partition coefficient (Wildman–Crippen LogP) is 0.616. The minimum atomic E-state index is -3.31. The van der Waals surface area contributed by atoms with E-state index < -0.39 is 9.84 Å². The summed E-state index contributed by atoms with van der Waals surface area (Å²) in [4.78, 5) is 7.91. The average Bonchev–Trinajstić information content (AvgIpc) is 2.16. The van der Waals surface area contributed by atoms with E-state index >= 15 is 0 Å². The number of aromatic nitrogens is 2. The van der Waals surface area contributed by atoms with Gasteiger partial charge in [-0.15, -0.1) is 0 Å². The fourth-order valence-electron chi connectivity index (χ4n) is 1.41. The molecule has 1 heterocycles. The van der Waals surface area contributed by atoms with E-state index in [2.05, 4.69) is 9.97 Å². The Bertz CT molecular complexity index is 617. The van der Waals surface area contributed by atoms with Crippen molar-refractivity contribution in [3.05, 3.63) is 24.5 Å². The first-order valence-electron chi connectivity index (χ1n) is 4.19.